The van der Waals surface area contributed by atoms with Crippen LogP contribution in [0.5, 0.6) is 0 Å². The molecule has 6 heteroatoms. The number of hydrogen-bond donors (Lipinski definition) is 2. The monoisotopic (exact) mass is 338 g/mol. The van der Waals surface area contributed by atoms with Gasteiger partial charge >= 0.3 is 6.03 Å². The molecule has 0 aliphatic heterocycles. The predicted molar refractivity (Wildman–Crippen MR) is 92.8 cm³/mol. The fraction of sp³-hybridized carbons (Fsp3) is 0.263. The number of nitrogens with one attached hydrogen (secondary N) is 2. The minimum atomic E-state index is -0.241. The van der Waals surface area contributed by atoms with E-state index in [9.17, 15) is 9.18 Å². The zero-order valence-corrected chi connectivity index (χ0v) is 13.9. The van der Waals surface area contributed by atoms with Crippen molar-refractivity contribution in [2.75, 3.05) is 0 Å². The molecule has 2 N–H and O–H groups in total. The number of aromatic nitrogens is 2. The molecule has 1 fully saturated rings. The van der Waals surface area contributed by atoms with Crippen LogP contribution in [-0.2, 0) is 6.54 Å². The molecular weight excluding hydrogens is 319 g/mol. The molecule has 2 heterocycles. The summed E-state index contributed by atoms with van der Waals surface area (Å²) in [5.41, 5.74) is 3.80. The normalized spacial score (nSPS) is 19.0. The minimum absolute atomic E-state index is 0.105. The van der Waals surface area contributed by atoms with Crippen molar-refractivity contribution >= 4 is 11.7 Å². The number of rotatable bonds is 4. The quantitative estimate of drug-likeness (QED) is 0.768. The summed E-state index contributed by atoms with van der Waals surface area (Å²) < 4.78 is 14.9. The molecule has 0 radical (unpaired) electrons. The summed E-state index contributed by atoms with van der Waals surface area (Å²) in [4.78, 5) is 16.6. The summed E-state index contributed by atoms with van der Waals surface area (Å²) in [6, 6.07) is 12.2. The molecule has 4 rings (SSSR count). The maximum atomic E-state index is 13.0. The number of pyridine rings is 1. The van der Waals surface area contributed by atoms with Gasteiger partial charge in [-0.1, -0.05) is 18.2 Å². The third-order valence-electron chi connectivity index (χ3n) is 4.65. The van der Waals surface area contributed by atoms with Gasteiger partial charge in [0, 0.05) is 18.2 Å². The van der Waals surface area contributed by atoms with Gasteiger partial charge in [0.15, 0.2) is 0 Å². The Bertz CT molecular complexity index is 919. The Hall–Kier alpha value is -2.89. The van der Waals surface area contributed by atoms with Crippen LogP contribution in [0.15, 0.2) is 48.7 Å². The van der Waals surface area contributed by atoms with Gasteiger partial charge in [0.2, 0.25) is 0 Å². The van der Waals surface area contributed by atoms with Gasteiger partial charge in [0.25, 0.3) is 0 Å². The largest absolute Gasteiger partial charge is 0.335 e. The Labute approximate surface area is 144 Å². The zero-order valence-electron chi connectivity index (χ0n) is 13.9. The van der Waals surface area contributed by atoms with E-state index >= 15 is 0 Å². The number of imidazole rings is 1. The Morgan fingerprint density at radius 1 is 1.28 bits per heavy atom. The lowest BCUT2D eigenvalue weighted by Crippen LogP contribution is -2.37. The molecule has 5 nitrogen and oxygen atoms in total. The van der Waals surface area contributed by atoms with Crippen LogP contribution < -0.4 is 10.6 Å². The van der Waals surface area contributed by atoms with Crippen molar-refractivity contribution in [3.05, 3.63) is 71.4 Å². The van der Waals surface area contributed by atoms with E-state index in [1.54, 1.807) is 12.1 Å². The van der Waals surface area contributed by atoms with Crippen molar-refractivity contribution < 1.29 is 9.18 Å². The van der Waals surface area contributed by atoms with Gasteiger partial charge in [-0.25, -0.2) is 14.2 Å². The fourth-order valence-electron chi connectivity index (χ4n) is 3.19. The maximum absolute atomic E-state index is 13.0. The van der Waals surface area contributed by atoms with Gasteiger partial charge in [0.1, 0.15) is 11.5 Å². The Morgan fingerprint density at radius 2 is 2.08 bits per heavy atom. The number of urea groups is 1. The zero-order chi connectivity index (χ0) is 17.4. The van der Waals surface area contributed by atoms with Crippen molar-refractivity contribution in [3.8, 4) is 0 Å². The average Bonchev–Trinajstić information content (AvgIpc) is 3.28. The molecule has 0 unspecified atom stereocenters. The number of benzene rings is 1. The van der Waals surface area contributed by atoms with E-state index in [0.29, 0.717) is 6.54 Å². The minimum Gasteiger partial charge on any atom is -0.335 e. The molecule has 0 bridgehead atoms. The lowest BCUT2D eigenvalue weighted by atomic mass is 10.1. The van der Waals surface area contributed by atoms with Gasteiger partial charge in [-0.15, -0.1) is 0 Å². The third kappa shape index (κ3) is 3.20. The van der Waals surface area contributed by atoms with Gasteiger partial charge in [-0.3, -0.25) is 0 Å². The third-order valence-corrected chi connectivity index (χ3v) is 4.65. The maximum Gasteiger partial charge on any atom is 0.315 e. The van der Waals surface area contributed by atoms with E-state index in [2.05, 4.69) is 15.6 Å². The van der Waals surface area contributed by atoms with Crippen molar-refractivity contribution in [2.24, 2.45) is 0 Å². The Morgan fingerprint density at radius 3 is 2.88 bits per heavy atom. The van der Waals surface area contributed by atoms with Crippen LogP contribution in [0, 0.1) is 12.7 Å². The first kappa shape index (κ1) is 15.6. The predicted octanol–water partition coefficient (Wildman–Crippen LogP) is 3.14. The molecule has 1 aliphatic carbocycles. The Balaban J connectivity index is 1.34. The van der Waals surface area contributed by atoms with E-state index in [1.165, 1.54) is 12.1 Å². The SMILES string of the molecule is Cc1nc2ccccn2c1CNC(=O)N[C@@H]1C[C@H]1c1ccc(F)cc1. The molecule has 2 atom stereocenters. The van der Waals surface area contributed by atoms with E-state index < -0.39 is 0 Å². The number of aryl methyl sites for hydroxylation is 1. The second kappa shape index (κ2) is 6.20. The van der Waals surface area contributed by atoms with Gasteiger partial charge in [-0.05, 0) is 43.2 Å². The molecule has 25 heavy (non-hydrogen) atoms. The highest BCUT2D eigenvalue weighted by atomic mass is 19.1. The van der Waals surface area contributed by atoms with Crippen LogP contribution in [0.25, 0.3) is 5.65 Å². The highest BCUT2D eigenvalue weighted by Gasteiger charge is 2.39. The van der Waals surface area contributed by atoms with Crippen LogP contribution in [0.3, 0.4) is 0 Å². The molecule has 1 aliphatic rings. The van der Waals surface area contributed by atoms with Crippen LogP contribution in [0.1, 0.15) is 29.3 Å². The number of carbonyl (C=O) groups excluding carboxylic acids is 1. The molecule has 3 aromatic rings. The van der Waals surface area contributed by atoms with Crippen molar-refractivity contribution in [1.82, 2.24) is 20.0 Å². The number of halogens is 1. The van der Waals surface area contributed by atoms with E-state index in [-0.39, 0.29) is 23.8 Å². The van der Waals surface area contributed by atoms with Crippen LogP contribution >= 0.6 is 0 Å². The fourth-order valence-corrected chi connectivity index (χ4v) is 3.19. The van der Waals surface area contributed by atoms with Crippen LogP contribution in [0.4, 0.5) is 9.18 Å². The number of carbonyl (C=O) groups is 1. The summed E-state index contributed by atoms with van der Waals surface area (Å²) >= 11 is 0. The number of fused-ring (bicyclic) bond motifs is 1. The second-order valence-corrected chi connectivity index (χ2v) is 6.40. The van der Waals surface area contributed by atoms with E-state index in [4.69, 9.17) is 0 Å². The summed E-state index contributed by atoms with van der Waals surface area (Å²) in [5, 5.41) is 5.87. The number of amides is 2. The summed E-state index contributed by atoms with van der Waals surface area (Å²) in [6.07, 6.45) is 2.82. The molecule has 2 aromatic heterocycles. The lowest BCUT2D eigenvalue weighted by Gasteiger charge is -2.08. The molecule has 1 aromatic carbocycles. The molecule has 1 saturated carbocycles. The summed E-state index contributed by atoms with van der Waals surface area (Å²) in [5.74, 6) is 0.0268. The number of nitrogens with zero attached hydrogens (tertiary/aromatic N) is 2. The van der Waals surface area contributed by atoms with Crippen LogP contribution in [0.2, 0.25) is 0 Å². The molecular formula is C19H19FN4O. The summed E-state index contributed by atoms with van der Waals surface area (Å²) in [7, 11) is 0. The highest BCUT2D eigenvalue weighted by molar-refractivity contribution is 5.75. The average molecular weight is 338 g/mol. The second-order valence-electron chi connectivity index (χ2n) is 6.40. The van der Waals surface area contributed by atoms with Gasteiger partial charge in [-0.2, -0.15) is 0 Å². The first-order valence-electron chi connectivity index (χ1n) is 8.34. The number of hydrogen-bond acceptors (Lipinski definition) is 2. The molecule has 128 valence electrons. The van der Waals surface area contributed by atoms with Gasteiger partial charge in [0.05, 0.1) is 17.9 Å². The van der Waals surface area contributed by atoms with E-state index in [1.807, 2.05) is 35.7 Å². The standard InChI is InChI=1S/C19H19FN4O/c1-12-17(24-9-3-2-4-18(24)22-12)11-21-19(25)23-16-10-15(16)13-5-7-14(20)8-6-13/h2-9,15-16H,10-11H2,1H3,(H2,21,23,25)/t15-,16+/m0/s1. The summed E-state index contributed by atoms with van der Waals surface area (Å²) in [6.45, 7) is 2.35. The molecule has 0 spiro atoms. The Kier molecular flexibility index (Phi) is 3.87. The van der Waals surface area contributed by atoms with Crippen molar-refractivity contribution in [3.63, 3.8) is 0 Å². The van der Waals surface area contributed by atoms with Crippen molar-refractivity contribution in [2.45, 2.75) is 31.8 Å². The van der Waals surface area contributed by atoms with Crippen LogP contribution in [-0.4, -0.2) is 21.5 Å². The van der Waals surface area contributed by atoms with E-state index in [0.717, 1.165) is 29.0 Å². The van der Waals surface area contributed by atoms with Gasteiger partial charge < -0.3 is 15.0 Å². The molecule has 2 amide bonds. The smallest absolute Gasteiger partial charge is 0.315 e. The first-order valence-corrected chi connectivity index (χ1v) is 8.34. The highest BCUT2D eigenvalue weighted by Crippen LogP contribution is 2.40. The lowest BCUT2D eigenvalue weighted by molar-refractivity contribution is 0.239. The topological polar surface area (TPSA) is 58.4 Å². The first-order chi connectivity index (χ1) is 12.1. The van der Waals surface area contributed by atoms with Crippen molar-refractivity contribution in [1.29, 1.82) is 0 Å². The molecule has 0 saturated heterocycles.